The third-order valence-electron chi connectivity index (χ3n) is 5.50. The van der Waals surface area contributed by atoms with Crippen molar-refractivity contribution in [1.82, 2.24) is 5.32 Å². The van der Waals surface area contributed by atoms with E-state index in [4.69, 9.17) is 4.74 Å². The van der Waals surface area contributed by atoms with E-state index in [1.807, 2.05) is 60.7 Å². The number of hydrogen-bond donors (Lipinski definition) is 2. The molecular formula is C28H33NO3. The van der Waals surface area contributed by atoms with Crippen LogP contribution >= 0.6 is 0 Å². The number of hydrogen-bond acceptors (Lipinski definition) is 4. The second-order valence-corrected chi connectivity index (χ2v) is 8.41. The summed E-state index contributed by atoms with van der Waals surface area (Å²) in [4.78, 5) is 12.8. The highest BCUT2D eigenvalue weighted by atomic mass is 16.5. The van der Waals surface area contributed by atoms with Gasteiger partial charge in [0.1, 0.15) is 18.5 Å². The van der Waals surface area contributed by atoms with Crippen molar-refractivity contribution in [2.24, 2.45) is 5.92 Å². The first-order chi connectivity index (χ1) is 15.5. The molecule has 0 aliphatic rings. The molecule has 0 unspecified atom stereocenters. The number of rotatable bonds is 12. The average molecular weight is 432 g/mol. The summed E-state index contributed by atoms with van der Waals surface area (Å²) in [6, 6.07) is 27.6. The summed E-state index contributed by atoms with van der Waals surface area (Å²) >= 11 is 0. The molecule has 4 nitrogen and oxygen atoms in total. The first-order valence-electron chi connectivity index (χ1n) is 11.3. The number of ether oxygens (including phenoxy) is 1. The number of nitrogens with one attached hydrogen (secondary N) is 1. The molecule has 0 bridgehead atoms. The quantitative estimate of drug-likeness (QED) is 0.386. The molecule has 4 heteroatoms. The fraction of sp³-hybridized carbons (Fsp3) is 0.321. The summed E-state index contributed by atoms with van der Waals surface area (Å²) in [7, 11) is 0. The molecule has 0 saturated heterocycles. The second-order valence-electron chi connectivity index (χ2n) is 8.41. The third kappa shape index (κ3) is 7.04. The third-order valence-corrected chi connectivity index (χ3v) is 5.50. The van der Waals surface area contributed by atoms with Crippen LogP contribution in [0.2, 0.25) is 0 Å². The molecule has 3 aromatic carbocycles. The maximum Gasteiger partial charge on any atom is 0.166 e. The lowest BCUT2D eigenvalue weighted by Crippen LogP contribution is -2.35. The lowest BCUT2D eigenvalue weighted by molar-refractivity contribution is 0.0937. The molecule has 0 aliphatic carbocycles. The number of ketones is 1. The van der Waals surface area contributed by atoms with Gasteiger partial charge >= 0.3 is 0 Å². The topological polar surface area (TPSA) is 58.6 Å². The second kappa shape index (κ2) is 12.2. The van der Waals surface area contributed by atoms with Gasteiger partial charge in [0.25, 0.3) is 0 Å². The van der Waals surface area contributed by atoms with Crippen molar-refractivity contribution in [3.05, 3.63) is 102 Å². The number of carbonyl (C=O) groups is 1. The van der Waals surface area contributed by atoms with Gasteiger partial charge in [0, 0.05) is 19.0 Å². The number of aryl methyl sites for hydroxylation is 1. The van der Waals surface area contributed by atoms with Gasteiger partial charge in [0.15, 0.2) is 5.78 Å². The van der Waals surface area contributed by atoms with Crippen molar-refractivity contribution in [3.8, 4) is 5.75 Å². The van der Waals surface area contributed by atoms with Gasteiger partial charge in [-0.15, -0.1) is 0 Å². The van der Waals surface area contributed by atoms with Crippen molar-refractivity contribution in [2.75, 3.05) is 13.2 Å². The van der Waals surface area contributed by atoms with E-state index in [9.17, 15) is 9.90 Å². The molecule has 0 aliphatic heterocycles. The standard InChI is InChI=1S/C28H33NO3/c1-21(2)28(23-13-7-4-8-14-23)29-19-24(30)20-32-27-16-10-9-15-25(27)26(31)18-17-22-11-5-3-6-12-22/h3-16,21,24,28-30H,17-20H2,1-2H3/t24-,28+/m1/s1. The summed E-state index contributed by atoms with van der Waals surface area (Å²) < 4.78 is 5.86. The number of aliphatic hydroxyl groups excluding tert-OH is 1. The van der Waals surface area contributed by atoms with Crippen molar-refractivity contribution in [1.29, 1.82) is 0 Å². The lowest BCUT2D eigenvalue weighted by Gasteiger charge is -2.24. The average Bonchev–Trinajstić information content (AvgIpc) is 2.82. The van der Waals surface area contributed by atoms with Crippen LogP contribution in [0.25, 0.3) is 0 Å². The van der Waals surface area contributed by atoms with Crippen molar-refractivity contribution in [3.63, 3.8) is 0 Å². The lowest BCUT2D eigenvalue weighted by atomic mass is 9.96. The Morgan fingerprint density at radius 3 is 2.22 bits per heavy atom. The Kier molecular flexibility index (Phi) is 9.02. The van der Waals surface area contributed by atoms with E-state index in [1.54, 1.807) is 12.1 Å². The fourth-order valence-corrected chi connectivity index (χ4v) is 3.77. The Bertz CT molecular complexity index is 957. The first-order valence-corrected chi connectivity index (χ1v) is 11.3. The zero-order valence-electron chi connectivity index (χ0n) is 18.9. The van der Waals surface area contributed by atoms with Crippen LogP contribution in [0.1, 0.15) is 47.8 Å². The minimum atomic E-state index is -0.688. The minimum absolute atomic E-state index is 0.0426. The zero-order valence-corrected chi connectivity index (χ0v) is 18.9. The van der Waals surface area contributed by atoms with E-state index in [-0.39, 0.29) is 18.4 Å². The molecule has 168 valence electrons. The van der Waals surface area contributed by atoms with E-state index in [0.29, 0.717) is 36.6 Å². The molecule has 0 radical (unpaired) electrons. The van der Waals surface area contributed by atoms with Gasteiger partial charge in [-0.05, 0) is 35.6 Å². The fourth-order valence-electron chi connectivity index (χ4n) is 3.77. The van der Waals surface area contributed by atoms with Gasteiger partial charge in [0.2, 0.25) is 0 Å². The molecule has 3 rings (SSSR count). The highest BCUT2D eigenvalue weighted by Crippen LogP contribution is 2.22. The van der Waals surface area contributed by atoms with Gasteiger partial charge < -0.3 is 15.2 Å². The van der Waals surface area contributed by atoms with Gasteiger partial charge in [-0.3, -0.25) is 4.79 Å². The Morgan fingerprint density at radius 1 is 0.906 bits per heavy atom. The van der Waals surface area contributed by atoms with Gasteiger partial charge in [-0.2, -0.15) is 0 Å². The summed E-state index contributed by atoms with van der Waals surface area (Å²) in [5.41, 5.74) is 2.90. The van der Waals surface area contributed by atoms with E-state index >= 15 is 0 Å². The Labute approximate surface area is 191 Å². The number of benzene rings is 3. The number of Topliss-reactive ketones (excluding diaryl/α,β-unsaturated/α-hetero) is 1. The molecule has 0 spiro atoms. The minimum Gasteiger partial charge on any atom is -0.490 e. The van der Waals surface area contributed by atoms with E-state index in [1.165, 1.54) is 5.56 Å². The molecule has 32 heavy (non-hydrogen) atoms. The Balaban J connectivity index is 1.53. The predicted molar refractivity (Wildman–Crippen MR) is 129 cm³/mol. The SMILES string of the molecule is CC(C)[C@H](NC[C@@H](O)COc1ccccc1C(=O)CCc1ccccc1)c1ccccc1. The highest BCUT2D eigenvalue weighted by molar-refractivity contribution is 5.98. The van der Waals surface area contributed by atoms with E-state index < -0.39 is 6.10 Å². The molecule has 0 heterocycles. The van der Waals surface area contributed by atoms with E-state index in [2.05, 4.69) is 31.3 Å². The first kappa shape index (κ1) is 23.7. The Hall–Kier alpha value is -2.95. The maximum atomic E-state index is 12.8. The summed E-state index contributed by atoms with van der Waals surface area (Å²) in [5.74, 6) is 0.947. The molecule has 0 fully saturated rings. The number of carbonyl (C=O) groups excluding carboxylic acids is 1. The molecule has 0 aromatic heterocycles. The van der Waals surface area contributed by atoms with Crippen LogP contribution in [0.5, 0.6) is 5.75 Å². The monoisotopic (exact) mass is 431 g/mol. The highest BCUT2D eigenvalue weighted by Gasteiger charge is 2.18. The molecule has 2 atom stereocenters. The van der Waals surface area contributed by atoms with Crippen LogP contribution in [-0.2, 0) is 6.42 Å². The van der Waals surface area contributed by atoms with Gasteiger partial charge in [0.05, 0.1) is 5.56 Å². The van der Waals surface area contributed by atoms with Crippen molar-refractivity contribution < 1.29 is 14.6 Å². The summed E-state index contributed by atoms with van der Waals surface area (Å²) in [6.07, 6.45) is 0.422. The number of aliphatic hydroxyl groups is 1. The van der Waals surface area contributed by atoms with Crippen LogP contribution < -0.4 is 10.1 Å². The Morgan fingerprint density at radius 2 is 1.53 bits per heavy atom. The van der Waals surface area contributed by atoms with E-state index in [0.717, 1.165) is 5.56 Å². The van der Waals surface area contributed by atoms with Crippen LogP contribution in [0.4, 0.5) is 0 Å². The summed E-state index contributed by atoms with van der Waals surface area (Å²) in [6.45, 7) is 4.84. The smallest absolute Gasteiger partial charge is 0.166 e. The molecular weight excluding hydrogens is 398 g/mol. The van der Waals surface area contributed by atoms with Crippen LogP contribution in [0.3, 0.4) is 0 Å². The molecule has 0 amide bonds. The number of para-hydroxylation sites is 1. The van der Waals surface area contributed by atoms with Crippen molar-refractivity contribution in [2.45, 2.75) is 38.8 Å². The maximum absolute atomic E-state index is 12.8. The zero-order chi connectivity index (χ0) is 22.8. The van der Waals surface area contributed by atoms with Crippen LogP contribution in [-0.4, -0.2) is 30.1 Å². The molecule has 2 N–H and O–H groups in total. The normalized spacial score (nSPS) is 13.0. The molecule has 0 saturated carbocycles. The van der Waals surface area contributed by atoms with Gasteiger partial charge in [-0.25, -0.2) is 0 Å². The largest absolute Gasteiger partial charge is 0.490 e. The van der Waals surface area contributed by atoms with Crippen LogP contribution in [0, 0.1) is 5.92 Å². The van der Waals surface area contributed by atoms with Crippen molar-refractivity contribution >= 4 is 5.78 Å². The predicted octanol–water partition coefficient (Wildman–Crippen LogP) is 5.23. The van der Waals surface area contributed by atoms with Gasteiger partial charge in [-0.1, -0.05) is 86.6 Å². The molecule has 3 aromatic rings. The van der Waals surface area contributed by atoms with Crippen LogP contribution in [0.15, 0.2) is 84.9 Å². The summed E-state index contributed by atoms with van der Waals surface area (Å²) in [5, 5.41) is 13.9.